The van der Waals surface area contributed by atoms with E-state index >= 15 is 0 Å². The Balaban J connectivity index is 0.000000159. The Kier molecular flexibility index (Phi) is 29.0. The summed E-state index contributed by atoms with van der Waals surface area (Å²) in [6.45, 7) is 3.55. The summed E-state index contributed by atoms with van der Waals surface area (Å²) >= 11 is 0. The first-order valence-electron chi connectivity index (χ1n) is 33.3. The smallest absolute Gasteiger partial charge is 0.480 e. The van der Waals surface area contributed by atoms with Crippen LogP contribution < -0.4 is 9.47 Å². The van der Waals surface area contributed by atoms with E-state index in [9.17, 15) is 73.0 Å². The molecule has 8 bridgehead atoms. The van der Waals surface area contributed by atoms with Crippen LogP contribution in [0.1, 0.15) is 95.5 Å². The molecule has 0 amide bonds. The van der Waals surface area contributed by atoms with Gasteiger partial charge in [0.05, 0.1) is 53.7 Å². The van der Waals surface area contributed by atoms with Crippen molar-refractivity contribution in [3.63, 3.8) is 0 Å². The topological polar surface area (TPSA) is 287 Å². The Morgan fingerprint density at radius 2 is 0.752 bits per heavy atom. The van der Waals surface area contributed by atoms with Crippen LogP contribution >= 0.6 is 0 Å². The molecule has 10 aliphatic rings. The molecule has 0 unspecified atom stereocenters. The van der Waals surface area contributed by atoms with Gasteiger partial charge in [0.2, 0.25) is 31.0 Å². The van der Waals surface area contributed by atoms with Gasteiger partial charge in [0.15, 0.2) is 29.8 Å². The second-order valence-electron chi connectivity index (χ2n) is 27.5. The minimum Gasteiger partial charge on any atom is -0.726 e. The molecule has 34 heteroatoms. The summed E-state index contributed by atoms with van der Waals surface area (Å²) in [6, 6.07) is 36.6. The van der Waals surface area contributed by atoms with Crippen molar-refractivity contribution in [2.24, 2.45) is 47.3 Å². The minimum absolute atomic E-state index is 0.0465. The summed E-state index contributed by atoms with van der Waals surface area (Å²) in [5.74, 6) is 9.25. The zero-order chi connectivity index (χ0) is 73.8. The monoisotopic (exact) mass is 1560 g/mol. The number of sulfonamides is 2. The molecular formula is C67H91F6N3O18S7. The molecule has 10 fully saturated rings. The van der Waals surface area contributed by atoms with Crippen molar-refractivity contribution < 1.29 is 109 Å². The van der Waals surface area contributed by atoms with Crippen molar-refractivity contribution >= 4 is 94.4 Å². The molecule has 5 aromatic carbocycles. The van der Waals surface area contributed by atoms with Crippen LogP contribution in [0.25, 0.3) is 29.8 Å². The maximum absolute atomic E-state index is 12.2. The van der Waals surface area contributed by atoms with E-state index in [0.29, 0.717) is 71.9 Å². The minimum atomic E-state index is -6.12. The van der Waals surface area contributed by atoms with Crippen molar-refractivity contribution in [2.75, 3.05) is 91.9 Å². The first-order chi connectivity index (χ1) is 47.4. The van der Waals surface area contributed by atoms with E-state index in [4.69, 9.17) is 27.3 Å². The molecule has 0 aromatic heterocycles. The first-order valence-corrected chi connectivity index (χ1v) is 43.4. The Labute approximate surface area is 596 Å². The van der Waals surface area contributed by atoms with Gasteiger partial charge in [-0.15, -0.1) is 0 Å². The summed E-state index contributed by atoms with van der Waals surface area (Å²) in [5.41, 5.74) is -10.1. The van der Waals surface area contributed by atoms with Crippen LogP contribution in [0, 0.1) is 47.3 Å². The molecule has 0 atom stereocenters. The third kappa shape index (κ3) is 23.9. The number of halogens is 6. The van der Waals surface area contributed by atoms with Crippen molar-refractivity contribution in [3.05, 3.63) is 117 Å². The van der Waals surface area contributed by atoms with E-state index in [2.05, 4.69) is 128 Å². The van der Waals surface area contributed by atoms with Crippen molar-refractivity contribution in [3.8, 4) is 11.5 Å². The average molecular weight is 1560 g/mol. The third-order valence-corrected chi connectivity index (χ3v) is 29.5. The lowest BCUT2D eigenvalue weighted by Crippen LogP contribution is -2.50. The highest BCUT2D eigenvalue weighted by Gasteiger charge is 2.52. The molecule has 8 aliphatic carbocycles. The summed E-state index contributed by atoms with van der Waals surface area (Å²) in [5, 5.41) is 5.21. The standard InChI is InChI=1S/2C17H21O2S.2C11H15F3NO5S2.C10H16N.CH4O4S/c2*1-18-10-11-19-16-8-9-17(20-12-4-5-13-20)15-7-3-2-6-14(15)16;2*12-11(13,14)21(16,17)15-22(18,19)20-10-8-2-6-1-7(4-8)5-9(10)3-6;1-11(2,3)9-10-7-5-4-6-8-10;1-5-6(2,3)4/h2*2-3,6-9H,4-5,10-13H2,1H3;2*6-10H,1-5H2;4-8H,9H2,1-3H3;1H3,(H,2,3,4)/q2*+1;2*-1;+1;/p-1. The number of ether oxygens (including phenoxy) is 4. The van der Waals surface area contributed by atoms with E-state index in [-0.39, 0.29) is 23.7 Å². The highest BCUT2D eigenvalue weighted by Crippen LogP contribution is 2.57. The zero-order valence-corrected chi connectivity index (χ0v) is 62.9. The molecule has 0 spiro atoms. The lowest BCUT2D eigenvalue weighted by molar-refractivity contribution is -0.884. The van der Waals surface area contributed by atoms with Crippen molar-refractivity contribution in [1.82, 2.24) is 0 Å². The van der Waals surface area contributed by atoms with Crippen LogP contribution in [0.2, 0.25) is 0 Å². The van der Waals surface area contributed by atoms with Crippen LogP contribution in [0.4, 0.5) is 26.3 Å². The second kappa shape index (κ2) is 35.5. The Morgan fingerprint density at radius 1 is 0.446 bits per heavy atom. The van der Waals surface area contributed by atoms with Crippen molar-refractivity contribution in [1.29, 1.82) is 0 Å². The molecule has 15 rings (SSSR count). The van der Waals surface area contributed by atoms with E-state index in [1.807, 2.05) is 8.25 Å². The van der Waals surface area contributed by atoms with Gasteiger partial charge in [-0.2, -0.15) is 26.3 Å². The Hall–Kier alpha value is -4.11. The predicted octanol–water partition coefficient (Wildman–Crippen LogP) is 12.8. The van der Waals surface area contributed by atoms with E-state index in [1.54, 1.807) is 14.2 Å². The molecule has 101 heavy (non-hydrogen) atoms. The zero-order valence-electron chi connectivity index (χ0n) is 57.2. The number of methoxy groups -OCH3 is 2. The largest absolute Gasteiger partial charge is 0.726 e. The number of rotatable bonds is 21. The lowest BCUT2D eigenvalue weighted by Gasteiger charge is -2.53. The number of nitrogens with zero attached hydrogens (tertiary/aromatic N) is 3. The van der Waals surface area contributed by atoms with Gasteiger partial charge in [-0.3, -0.25) is 12.5 Å². The van der Waals surface area contributed by atoms with Crippen LogP contribution in [0.5, 0.6) is 11.5 Å². The lowest BCUT2D eigenvalue weighted by atomic mass is 9.55. The van der Waals surface area contributed by atoms with Crippen LogP contribution in [0.3, 0.4) is 0 Å². The van der Waals surface area contributed by atoms with Gasteiger partial charge in [0, 0.05) is 63.1 Å². The number of quaternary nitrogens is 1. The fraction of sp³-hybridized carbons (Fsp3) is 0.612. The predicted molar refractivity (Wildman–Crippen MR) is 375 cm³/mol. The first kappa shape index (κ1) is 82.5. The fourth-order valence-corrected chi connectivity index (χ4v) is 24.4. The van der Waals surface area contributed by atoms with Gasteiger partial charge in [0.1, 0.15) is 54.3 Å². The van der Waals surface area contributed by atoms with Gasteiger partial charge < -0.3 is 36.2 Å². The molecule has 0 N–H and O–H groups in total. The summed E-state index contributed by atoms with van der Waals surface area (Å²) < 4.78 is 231. The van der Waals surface area contributed by atoms with Gasteiger partial charge in [0.25, 0.3) is 0 Å². The van der Waals surface area contributed by atoms with Gasteiger partial charge >= 0.3 is 11.0 Å². The molecule has 2 heterocycles. The number of benzene rings is 5. The van der Waals surface area contributed by atoms with Crippen LogP contribution in [0.15, 0.2) is 113 Å². The number of alkyl halides is 6. The third-order valence-electron chi connectivity index (χ3n) is 18.9. The number of hydrogen-bond donors (Lipinski definition) is 0. The molecule has 21 nitrogen and oxygen atoms in total. The van der Waals surface area contributed by atoms with Crippen LogP contribution in [-0.2, 0) is 101 Å². The maximum Gasteiger partial charge on any atom is 0.480 e. The fourth-order valence-electron chi connectivity index (χ4n) is 15.3. The SMILES string of the molecule is COCCOc1ccc([S+]2CCCC2)c2ccccc12.COCCOc1ccc([S+]2CCCC2)c2ccccc12.COS(=O)(=O)[O-].C[N+](C)(C)Cc1ccccc1.O=S(=O)([N-]S(=O)(=O)C(F)(F)F)OC1C2CC3CC(C2)CC1C3.O=S(=O)([N-]S(=O)(=O)C(F)(F)F)OC1C2CC3CC(C2)CC1C3. The number of fused-ring (bicyclic) bond motifs is 2. The highest BCUT2D eigenvalue weighted by molar-refractivity contribution is 8.11. The molecule has 5 aromatic rings. The maximum atomic E-state index is 12.2. The van der Waals surface area contributed by atoms with Gasteiger partial charge in [-0.1, -0.05) is 66.7 Å². The second-order valence-corrected chi connectivity index (χ2v) is 39.2. The normalized spacial score (nSPS) is 25.0. The van der Waals surface area contributed by atoms with Crippen LogP contribution in [-0.4, -0.2) is 166 Å². The Bertz CT molecular complexity index is 3830. The molecule has 8 saturated carbocycles. The number of hydrogen-bond acceptors (Lipinski definition) is 18. The van der Waals surface area contributed by atoms with E-state index in [0.717, 1.165) is 93.8 Å². The average Bonchev–Trinajstić information content (AvgIpc) is 1.70. The summed E-state index contributed by atoms with van der Waals surface area (Å²) in [4.78, 5) is 3.05. The molecule has 566 valence electrons. The quantitative estimate of drug-likeness (QED) is 0.0165. The summed E-state index contributed by atoms with van der Waals surface area (Å²) in [7, 11) is -15.3. The van der Waals surface area contributed by atoms with E-state index < -0.39 is 74.3 Å². The highest BCUT2D eigenvalue weighted by atomic mass is 32.3. The van der Waals surface area contributed by atoms with Gasteiger partial charge in [-0.05, 0) is 174 Å². The molecule has 2 saturated heterocycles. The van der Waals surface area contributed by atoms with Crippen molar-refractivity contribution in [2.45, 2.75) is 129 Å². The Morgan fingerprint density at radius 3 is 1.04 bits per heavy atom. The summed E-state index contributed by atoms with van der Waals surface area (Å²) in [6.07, 6.45) is 12.4. The molecular weight excluding hydrogens is 1470 g/mol. The van der Waals surface area contributed by atoms with Gasteiger partial charge in [-0.25, -0.2) is 42.1 Å². The van der Waals surface area contributed by atoms with E-state index in [1.165, 1.54) is 85.6 Å². The molecule has 0 radical (unpaired) electrons. The molecule has 2 aliphatic heterocycles.